The molecule has 0 bridgehead atoms. The molecule has 1 aromatic heterocycles. The summed E-state index contributed by atoms with van der Waals surface area (Å²) in [6.07, 6.45) is -3.00. The smallest absolute Gasteiger partial charge is 0.327 e. The first-order valence-electron chi connectivity index (χ1n) is 10.2. The molecular formula is C22H20F3N5O3. The van der Waals surface area contributed by atoms with Crippen LogP contribution in [0.5, 0.6) is 0 Å². The highest BCUT2D eigenvalue weighted by molar-refractivity contribution is 5.94. The molecule has 1 unspecified atom stereocenters. The van der Waals surface area contributed by atoms with E-state index in [1.165, 1.54) is 28.9 Å². The Morgan fingerprint density at radius 1 is 1.21 bits per heavy atom. The van der Waals surface area contributed by atoms with Crippen LogP contribution in [0.1, 0.15) is 53.1 Å². The van der Waals surface area contributed by atoms with Crippen molar-refractivity contribution in [3.8, 4) is 5.69 Å². The minimum Gasteiger partial charge on any atom is -0.327 e. The number of alkyl halides is 3. The van der Waals surface area contributed by atoms with Gasteiger partial charge in [0.25, 0.3) is 11.6 Å². The quantitative estimate of drug-likeness (QED) is 0.387. The van der Waals surface area contributed by atoms with Gasteiger partial charge in [0.2, 0.25) is 0 Å². The maximum Gasteiger partial charge on any atom is 0.416 e. The molecule has 1 aliphatic rings. The Morgan fingerprint density at radius 3 is 2.55 bits per heavy atom. The van der Waals surface area contributed by atoms with Crippen LogP contribution < -0.4 is 0 Å². The fourth-order valence-electron chi connectivity index (χ4n) is 3.78. The van der Waals surface area contributed by atoms with Crippen LogP contribution >= 0.6 is 0 Å². The summed E-state index contributed by atoms with van der Waals surface area (Å²) in [6, 6.07) is 9.99. The van der Waals surface area contributed by atoms with Gasteiger partial charge in [0.15, 0.2) is 5.69 Å². The fraction of sp³-hybridized carbons (Fsp3) is 0.318. The molecule has 0 N–H and O–H groups in total. The fourth-order valence-corrected chi connectivity index (χ4v) is 3.78. The van der Waals surface area contributed by atoms with Gasteiger partial charge in [-0.3, -0.25) is 14.9 Å². The lowest BCUT2D eigenvalue weighted by Crippen LogP contribution is -2.36. The first-order valence-corrected chi connectivity index (χ1v) is 10.2. The number of hydrogen-bond donors (Lipinski definition) is 0. The summed E-state index contributed by atoms with van der Waals surface area (Å²) in [5.41, 5.74) is 0.261. The molecule has 1 aliphatic carbocycles. The summed E-state index contributed by atoms with van der Waals surface area (Å²) in [5.74, 6) is -0.448. The summed E-state index contributed by atoms with van der Waals surface area (Å²) in [7, 11) is 0. The number of carbonyl (C=O) groups is 1. The third-order valence-corrected chi connectivity index (χ3v) is 5.67. The van der Waals surface area contributed by atoms with Gasteiger partial charge in [0, 0.05) is 18.2 Å². The molecule has 2 aromatic carbocycles. The molecule has 11 heteroatoms. The van der Waals surface area contributed by atoms with E-state index in [1.807, 2.05) is 0 Å². The highest BCUT2D eigenvalue weighted by Gasteiger charge is 2.39. The van der Waals surface area contributed by atoms with Gasteiger partial charge in [0.05, 0.1) is 27.9 Å². The Bertz CT molecular complexity index is 1220. The van der Waals surface area contributed by atoms with Gasteiger partial charge in [-0.05, 0) is 50.5 Å². The second-order valence-electron chi connectivity index (χ2n) is 7.96. The van der Waals surface area contributed by atoms with E-state index in [0.29, 0.717) is 16.9 Å². The molecule has 3 aromatic rings. The lowest BCUT2D eigenvalue weighted by atomic mass is 10.0. The van der Waals surface area contributed by atoms with Crippen molar-refractivity contribution in [2.75, 3.05) is 0 Å². The zero-order valence-electron chi connectivity index (χ0n) is 17.8. The summed E-state index contributed by atoms with van der Waals surface area (Å²) in [6.45, 7) is 3.30. The summed E-state index contributed by atoms with van der Waals surface area (Å²) in [4.78, 5) is 25.5. The van der Waals surface area contributed by atoms with Crippen molar-refractivity contribution in [2.45, 2.75) is 44.9 Å². The third kappa shape index (κ3) is 4.43. The predicted octanol–water partition coefficient (Wildman–Crippen LogP) is 4.87. The molecule has 1 amide bonds. The van der Waals surface area contributed by atoms with Gasteiger partial charge >= 0.3 is 6.18 Å². The van der Waals surface area contributed by atoms with Crippen LogP contribution in [0.2, 0.25) is 0 Å². The molecule has 1 fully saturated rings. The molecular weight excluding hydrogens is 439 g/mol. The number of non-ortho nitro benzene ring substituents is 1. The van der Waals surface area contributed by atoms with E-state index >= 15 is 0 Å². The van der Waals surface area contributed by atoms with Crippen LogP contribution in [-0.2, 0) is 6.18 Å². The highest BCUT2D eigenvalue weighted by Crippen LogP contribution is 2.37. The number of rotatable bonds is 6. The molecule has 4 rings (SSSR count). The number of halogens is 3. The van der Waals surface area contributed by atoms with Crippen LogP contribution in [-0.4, -0.2) is 36.8 Å². The lowest BCUT2D eigenvalue weighted by molar-refractivity contribution is -0.384. The standard InChI is InChI=1S/C22H20F3N5O3/c1-13(15-5-3-6-16(11-15)22(23,24)25)28(17-9-10-17)21(31)20-14(2)29(27-26-20)18-7-4-8-19(12-18)30(32)33/h3-8,11-13,17H,9-10H2,1-2H3. The van der Waals surface area contributed by atoms with Gasteiger partial charge in [-0.15, -0.1) is 5.10 Å². The number of benzene rings is 2. The molecule has 172 valence electrons. The Labute approximate surface area is 186 Å². The van der Waals surface area contributed by atoms with Gasteiger partial charge in [-0.25, -0.2) is 4.68 Å². The van der Waals surface area contributed by atoms with Crippen LogP contribution in [0.15, 0.2) is 48.5 Å². The van der Waals surface area contributed by atoms with Crippen molar-refractivity contribution in [1.29, 1.82) is 0 Å². The zero-order valence-corrected chi connectivity index (χ0v) is 17.8. The Morgan fingerprint density at radius 2 is 1.91 bits per heavy atom. The first kappa shape index (κ1) is 22.4. The van der Waals surface area contributed by atoms with Gasteiger partial charge in [-0.1, -0.05) is 23.4 Å². The average molecular weight is 459 g/mol. The van der Waals surface area contributed by atoms with Crippen molar-refractivity contribution in [3.63, 3.8) is 0 Å². The monoisotopic (exact) mass is 459 g/mol. The van der Waals surface area contributed by atoms with E-state index in [0.717, 1.165) is 25.0 Å². The maximum absolute atomic E-state index is 13.4. The minimum absolute atomic E-state index is 0.0484. The second kappa shape index (κ2) is 8.30. The van der Waals surface area contributed by atoms with E-state index in [4.69, 9.17) is 0 Å². The number of hydrogen-bond acceptors (Lipinski definition) is 5. The number of nitro groups is 1. The molecule has 1 saturated carbocycles. The number of nitrogens with zero attached hydrogens (tertiary/aromatic N) is 5. The number of amides is 1. The van der Waals surface area contributed by atoms with Gasteiger partial charge in [0.1, 0.15) is 0 Å². The molecule has 0 radical (unpaired) electrons. The van der Waals surface area contributed by atoms with Crippen LogP contribution in [0.4, 0.5) is 18.9 Å². The topological polar surface area (TPSA) is 94.2 Å². The number of carbonyl (C=O) groups excluding carboxylic acids is 1. The van der Waals surface area contributed by atoms with Crippen molar-refractivity contribution in [1.82, 2.24) is 19.9 Å². The Hall–Kier alpha value is -3.76. The summed E-state index contributed by atoms with van der Waals surface area (Å²) in [5, 5.41) is 19.1. The largest absolute Gasteiger partial charge is 0.416 e. The van der Waals surface area contributed by atoms with Crippen LogP contribution in [0.25, 0.3) is 5.69 Å². The Kier molecular flexibility index (Phi) is 5.64. The Balaban J connectivity index is 1.67. The van der Waals surface area contributed by atoms with Crippen LogP contribution in [0.3, 0.4) is 0 Å². The SMILES string of the molecule is Cc1c(C(=O)N(C2CC2)C(C)c2cccc(C(F)(F)F)c2)nnn1-c1cccc([N+](=O)[O-])c1. The lowest BCUT2D eigenvalue weighted by Gasteiger charge is -2.29. The molecule has 1 atom stereocenters. The van der Waals surface area contributed by atoms with Crippen molar-refractivity contribution >= 4 is 11.6 Å². The number of nitro benzene ring substituents is 1. The first-order chi connectivity index (χ1) is 15.6. The normalized spacial score (nSPS) is 14.7. The summed E-state index contributed by atoms with van der Waals surface area (Å²) < 4.78 is 40.9. The van der Waals surface area contributed by atoms with E-state index in [1.54, 1.807) is 30.9 Å². The average Bonchev–Trinajstić information content (AvgIpc) is 3.53. The molecule has 0 aliphatic heterocycles. The van der Waals surface area contributed by atoms with Crippen LogP contribution in [0, 0.1) is 17.0 Å². The second-order valence-corrected chi connectivity index (χ2v) is 7.96. The minimum atomic E-state index is -4.48. The van der Waals surface area contributed by atoms with E-state index in [2.05, 4.69) is 10.3 Å². The molecule has 8 nitrogen and oxygen atoms in total. The van der Waals surface area contributed by atoms with E-state index < -0.39 is 28.6 Å². The van der Waals surface area contributed by atoms with Crippen molar-refractivity contribution in [3.05, 3.63) is 81.2 Å². The molecule has 1 heterocycles. The van der Waals surface area contributed by atoms with E-state index in [-0.39, 0.29) is 17.4 Å². The molecule has 0 saturated heterocycles. The highest BCUT2D eigenvalue weighted by atomic mass is 19.4. The van der Waals surface area contributed by atoms with Gasteiger partial charge in [-0.2, -0.15) is 13.2 Å². The number of aromatic nitrogens is 3. The summed E-state index contributed by atoms with van der Waals surface area (Å²) >= 11 is 0. The predicted molar refractivity (Wildman–Crippen MR) is 112 cm³/mol. The van der Waals surface area contributed by atoms with Crippen molar-refractivity contribution < 1.29 is 22.9 Å². The molecule has 0 spiro atoms. The van der Waals surface area contributed by atoms with Crippen molar-refractivity contribution in [2.24, 2.45) is 0 Å². The van der Waals surface area contributed by atoms with E-state index in [9.17, 15) is 28.1 Å². The maximum atomic E-state index is 13.4. The zero-order chi connectivity index (χ0) is 23.9. The third-order valence-electron chi connectivity index (χ3n) is 5.67. The molecule has 33 heavy (non-hydrogen) atoms. The van der Waals surface area contributed by atoms with Gasteiger partial charge < -0.3 is 4.90 Å².